The van der Waals surface area contributed by atoms with Crippen molar-refractivity contribution in [2.24, 2.45) is 0 Å². The zero-order valence-electron chi connectivity index (χ0n) is 4.73. The van der Waals surface area contributed by atoms with Crippen LogP contribution in [0.5, 0.6) is 0 Å². The van der Waals surface area contributed by atoms with Gasteiger partial charge >= 0.3 is 5.97 Å². The summed E-state index contributed by atoms with van der Waals surface area (Å²) < 4.78 is 4.37. The van der Waals surface area contributed by atoms with Crippen LogP contribution in [-0.2, 0) is 9.53 Å². The fourth-order valence-electron chi connectivity index (χ4n) is 0.306. The Morgan fingerprint density at radius 2 is 2.43 bits per heavy atom. The quantitative estimate of drug-likeness (QED) is 0.355. The molecule has 0 aliphatic rings. The van der Waals surface area contributed by atoms with Gasteiger partial charge in [0, 0.05) is 16.7 Å². The van der Waals surface area contributed by atoms with Gasteiger partial charge in [-0.2, -0.15) is 0 Å². The summed E-state index contributed by atoms with van der Waals surface area (Å²) in [4.78, 5) is 10.2. The van der Waals surface area contributed by atoms with E-state index in [0.29, 0.717) is 6.42 Å². The lowest BCUT2D eigenvalue weighted by atomic mass is 10.5. The summed E-state index contributed by atoms with van der Waals surface area (Å²) in [5.41, 5.74) is 0. The molecule has 0 aromatic carbocycles. The summed E-state index contributed by atoms with van der Waals surface area (Å²) in [5, 5.41) is 0. The third-order valence-corrected chi connectivity index (χ3v) is 1.18. The minimum Gasteiger partial charge on any atom is -0.469 e. The first-order chi connectivity index (χ1) is 3.31. The van der Waals surface area contributed by atoms with Crippen LogP contribution < -0.4 is 0 Å². The Bertz CT molecular complexity index is 62.7. The van der Waals surface area contributed by atoms with Crippen molar-refractivity contribution in [1.29, 1.82) is 0 Å². The van der Waals surface area contributed by atoms with E-state index in [9.17, 15) is 4.79 Å². The van der Waals surface area contributed by atoms with Crippen LogP contribution in [0.25, 0.3) is 0 Å². The van der Waals surface area contributed by atoms with Gasteiger partial charge in [0.1, 0.15) is 0 Å². The molecule has 0 saturated carbocycles. The molecule has 42 valence electrons. The monoisotopic (exact) mass is 118 g/mol. The summed E-state index contributed by atoms with van der Waals surface area (Å²) in [5.74, 6) is -0.0880. The average Bonchev–Trinajstić information content (AvgIpc) is 1.68. The number of hydrogen-bond acceptors (Lipinski definition) is 2. The Morgan fingerprint density at radius 3 is 2.57 bits per heavy atom. The molecule has 0 bridgehead atoms. The molecule has 0 heterocycles. The van der Waals surface area contributed by atoms with Gasteiger partial charge in [-0.25, -0.2) is 0 Å². The molecule has 0 saturated heterocycles. The van der Waals surface area contributed by atoms with Gasteiger partial charge in [-0.05, 0) is 0 Å². The molecule has 0 rings (SSSR count). The number of methoxy groups -OCH3 is 1. The maximum absolute atomic E-state index is 10.2. The second-order valence-corrected chi connectivity index (χ2v) is 2.33. The van der Waals surface area contributed by atoms with Crippen LogP contribution in [0, 0.1) is 0 Å². The predicted molar refractivity (Wildman–Crippen MR) is 31.4 cm³/mol. The molecular formula is C4H10O2Si. The number of rotatable bonds is 2. The Hall–Kier alpha value is -0.313. The standard InChI is InChI=1S/C4H10O2Si/c1-6-4(5)2-3-7/h2-3H2,1,7H3. The summed E-state index contributed by atoms with van der Waals surface area (Å²) >= 11 is 0. The normalized spacial score (nSPS) is 8.71. The van der Waals surface area contributed by atoms with Crippen LogP contribution in [0.2, 0.25) is 6.04 Å². The van der Waals surface area contributed by atoms with Gasteiger partial charge in [0.25, 0.3) is 0 Å². The van der Waals surface area contributed by atoms with Crippen molar-refractivity contribution in [3.8, 4) is 0 Å². The Morgan fingerprint density at radius 1 is 1.86 bits per heavy atom. The van der Waals surface area contributed by atoms with Gasteiger partial charge in [-0.15, -0.1) is 0 Å². The van der Waals surface area contributed by atoms with E-state index in [2.05, 4.69) is 4.74 Å². The molecule has 0 aliphatic heterocycles. The van der Waals surface area contributed by atoms with E-state index in [1.807, 2.05) is 0 Å². The molecule has 2 nitrogen and oxygen atoms in total. The lowest BCUT2D eigenvalue weighted by Gasteiger charge is -1.90. The van der Waals surface area contributed by atoms with Crippen molar-refractivity contribution >= 4 is 16.2 Å². The highest BCUT2D eigenvalue weighted by molar-refractivity contribution is 6.09. The summed E-state index contributed by atoms with van der Waals surface area (Å²) in [6, 6.07) is 1.01. The fourth-order valence-corrected chi connectivity index (χ4v) is 0.714. The third kappa shape index (κ3) is 3.52. The SMILES string of the molecule is COC(=O)CC[SiH3]. The first-order valence-electron chi connectivity index (χ1n) is 2.38. The van der Waals surface area contributed by atoms with Crippen LogP contribution >= 0.6 is 0 Å². The van der Waals surface area contributed by atoms with Crippen LogP contribution in [0.1, 0.15) is 6.42 Å². The Labute approximate surface area is 46.3 Å². The second kappa shape index (κ2) is 3.86. The van der Waals surface area contributed by atoms with Gasteiger partial charge < -0.3 is 4.74 Å². The van der Waals surface area contributed by atoms with E-state index in [4.69, 9.17) is 0 Å². The van der Waals surface area contributed by atoms with E-state index in [1.165, 1.54) is 7.11 Å². The molecule has 0 fully saturated rings. The number of carbonyl (C=O) groups excluding carboxylic acids is 1. The van der Waals surface area contributed by atoms with Gasteiger partial charge in [-0.3, -0.25) is 4.79 Å². The molecular weight excluding hydrogens is 108 g/mol. The number of carbonyl (C=O) groups is 1. The van der Waals surface area contributed by atoms with E-state index >= 15 is 0 Å². The van der Waals surface area contributed by atoms with Crippen LogP contribution in [-0.4, -0.2) is 23.3 Å². The van der Waals surface area contributed by atoms with Gasteiger partial charge in [0.15, 0.2) is 0 Å². The zero-order chi connectivity index (χ0) is 5.70. The number of esters is 1. The lowest BCUT2D eigenvalue weighted by Crippen LogP contribution is -1.97. The lowest BCUT2D eigenvalue weighted by molar-refractivity contribution is -0.140. The first kappa shape index (κ1) is 6.69. The Balaban J connectivity index is 3.00. The molecule has 3 heteroatoms. The smallest absolute Gasteiger partial charge is 0.305 e. The third-order valence-electron chi connectivity index (χ3n) is 0.682. The molecule has 0 N–H and O–H groups in total. The van der Waals surface area contributed by atoms with Gasteiger partial charge in [0.2, 0.25) is 0 Å². The molecule has 0 spiro atoms. The molecule has 0 amide bonds. The van der Waals surface area contributed by atoms with E-state index < -0.39 is 0 Å². The van der Waals surface area contributed by atoms with Crippen molar-refractivity contribution in [2.75, 3.05) is 7.11 Å². The number of hydrogen-bond donors (Lipinski definition) is 0. The van der Waals surface area contributed by atoms with Gasteiger partial charge in [0.05, 0.1) is 7.11 Å². The highest BCUT2D eigenvalue weighted by Gasteiger charge is 1.92. The van der Waals surface area contributed by atoms with E-state index in [0.717, 1.165) is 16.3 Å². The summed E-state index contributed by atoms with van der Waals surface area (Å²) in [7, 11) is 2.51. The van der Waals surface area contributed by atoms with Crippen molar-refractivity contribution < 1.29 is 9.53 Å². The molecule has 0 atom stereocenters. The summed E-state index contributed by atoms with van der Waals surface area (Å²) in [6.45, 7) is 0. The van der Waals surface area contributed by atoms with Crippen molar-refractivity contribution in [2.45, 2.75) is 12.5 Å². The molecule has 7 heavy (non-hydrogen) atoms. The highest BCUT2D eigenvalue weighted by Crippen LogP contribution is 1.85. The molecule has 0 aliphatic carbocycles. The van der Waals surface area contributed by atoms with Crippen LogP contribution in [0.15, 0.2) is 0 Å². The van der Waals surface area contributed by atoms with Gasteiger partial charge in [-0.1, -0.05) is 6.04 Å². The van der Waals surface area contributed by atoms with Crippen molar-refractivity contribution in [3.63, 3.8) is 0 Å². The molecule has 0 aromatic rings. The van der Waals surface area contributed by atoms with Crippen molar-refractivity contribution in [3.05, 3.63) is 0 Å². The predicted octanol–water partition coefficient (Wildman–Crippen LogP) is -0.667. The maximum Gasteiger partial charge on any atom is 0.305 e. The average molecular weight is 118 g/mol. The Kier molecular flexibility index (Phi) is 3.69. The largest absolute Gasteiger partial charge is 0.469 e. The van der Waals surface area contributed by atoms with Crippen LogP contribution in [0.4, 0.5) is 0 Å². The zero-order valence-corrected chi connectivity index (χ0v) is 6.73. The molecule has 0 radical (unpaired) electrons. The molecule has 0 unspecified atom stereocenters. The topological polar surface area (TPSA) is 26.3 Å². The highest BCUT2D eigenvalue weighted by atomic mass is 28.1. The van der Waals surface area contributed by atoms with Crippen molar-refractivity contribution in [1.82, 2.24) is 0 Å². The van der Waals surface area contributed by atoms with E-state index in [1.54, 1.807) is 0 Å². The minimum atomic E-state index is -0.0880. The second-order valence-electron chi connectivity index (χ2n) is 1.33. The fraction of sp³-hybridized carbons (Fsp3) is 0.750. The minimum absolute atomic E-state index is 0.0880. The van der Waals surface area contributed by atoms with E-state index in [-0.39, 0.29) is 5.97 Å². The summed E-state index contributed by atoms with van der Waals surface area (Å²) in [6.07, 6.45) is 0.600. The molecule has 0 aromatic heterocycles. The van der Waals surface area contributed by atoms with Crippen LogP contribution in [0.3, 0.4) is 0 Å². The number of ether oxygens (including phenoxy) is 1. The maximum atomic E-state index is 10.2. The first-order valence-corrected chi connectivity index (χ1v) is 3.79.